The zero-order chi connectivity index (χ0) is 6.15. The first-order valence-corrected chi connectivity index (χ1v) is 2.85. The minimum atomic E-state index is -0.856. The molecule has 3 atom stereocenters. The molecule has 0 spiro atoms. The Morgan fingerprint density at radius 1 is 1.25 bits per heavy atom. The van der Waals surface area contributed by atoms with Crippen molar-refractivity contribution in [3.8, 4) is 0 Å². The molecule has 4 N–H and O–H groups in total. The number of hydrogen-bond donors (Lipinski definition) is 2. The van der Waals surface area contributed by atoms with Crippen LogP contribution in [0.3, 0.4) is 0 Å². The van der Waals surface area contributed by atoms with Crippen LogP contribution in [0.15, 0.2) is 0 Å². The van der Waals surface area contributed by atoms with E-state index in [-0.39, 0.29) is 12.1 Å². The highest BCUT2D eigenvalue weighted by molar-refractivity contribution is 4.87. The summed E-state index contributed by atoms with van der Waals surface area (Å²) in [6.07, 6.45) is 0.229. The van der Waals surface area contributed by atoms with Gasteiger partial charge >= 0.3 is 0 Å². The predicted octanol–water partition coefficient (Wildman–Crippen LogP) is -0.227. The Kier molecular flexibility index (Phi) is 1.49. The Bertz CT molecular complexity index is 76.5. The number of rotatable bonds is 0. The van der Waals surface area contributed by atoms with Gasteiger partial charge in [0.15, 0.2) is 0 Å². The molecular weight excluding hydrogens is 107 g/mol. The van der Waals surface area contributed by atoms with Crippen LogP contribution < -0.4 is 11.5 Å². The molecular formula is C5H11FN2. The minimum absolute atomic E-state index is 0.000000000000000444. The van der Waals surface area contributed by atoms with Crippen molar-refractivity contribution in [1.82, 2.24) is 0 Å². The number of halogens is 1. The van der Waals surface area contributed by atoms with E-state index in [9.17, 15) is 4.39 Å². The Balaban J connectivity index is 2.39. The van der Waals surface area contributed by atoms with Crippen LogP contribution in [0.2, 0.25) is 0 Å². The molecule has 0 aromatic heterocycles. The predicted molar refractivity (Wildman–Crippen MR) is 30.1 cm³/mol. The second kappa shape index (κ2) is 1.99. The largest absolute Gasteiger partial charge is 0.328 e. The molecule has 0 bridgehead atoms. The molecule has 1 aliphatic rings. The van der Waals surface area contributed by atoms with Crippen LogP contribution in [0.5, 0.6) is 0 Å². The van der Waals surface area contributed by atoms with Gasteiger partial charge in [0, 0.05) is 12.1 Å². The molecule has 3 unspecified atom stereocenters. The fourth-order valence-electron chi connectivity index (χ4n) is 1.06. The average molecular weight is 118 g/mol. The molecule has 2 nitrogen and oxygen atoms in total. The van der Waals surface area contributed by atoms with Gasteiger partial charge in [0.1, 0.15) is 6.17 Å². The maximum atomic E-state index is 12.4. The zero-order valence-electron chi connectivity index (χ0n) is 4.68. The monoisotopic (exact) mass is 118 g/mol. The van der Waals surface area contributed by atoms with Gasteiger partial charge in [-0.25, -0.2) is 4.39 Å². The summed E-state index contributed by atoms with van der Waals surface area (Å²) in [5.41, 5.74) is 10.7. The zero-order valence-corrected chi connectivity index (χ0v) is 4.68. The lowest BCUT2D eigenvalue weighted by Gasteiger charge is -2.01. The van der Waals surface area contributed by atoms with E-state index in [0.717, 1.165) is 0 Å². The summed E-state index contributed by atoms with van der Waals surface area (Å²) in [7, 11) is 0. The number of nitrogens with two attached hydrogens (primary N) is 2. The Morgan fingerprint density at radius 2 is 1.88 bits per heavy atom. The van der Waals surface area contributed by atoms with Gasteiger partial charge in [-0.15, -0.1) is 0 Å². The van der Waals surface area contributed by atoms with E-state index in [1.54, 1.807) is 0 Å². The smallest absolute Gasteiger partial charge is 0.117 e. The molecule has 0 aliphatic heterocycles. The third-order valence-corrected chi connectivity index (χ3v) is 1.57. The lowest BCUT2D eigenvalue weighted by atomic mass is 10.2. The standard InChI is InChI=1S/C5H11FN2/c6-4-1-3(7)2-5(4)8/h3-5H,1-2,7-8H2. The SMILES string of the molecule is NC1CC(N)C(F)C1. The molecule has 1 saturated carbocycles. The van der Waals surface area contributed by atoms with Crippen LogP contribution >= 0.6 is 0 Å². The molecule has 3 heteroatoms. The van der Waals surface area contributed by atoms with Crippen LogP contribution in [0.1, 0.15) is 12.8 Å². The Hall–Kier alpha value is -0.150. The highest BCUT2D eigenvalue weighted by Crippen LogP contribution is 2.18. The lowest BCUT2D eigenvalue weighted by Crippen LogP contribution is -2.25. The van der Waals surface area contributed by atoms with Gasteiger partial charge in [0.05, 0.1) is 0 Å². The normalized spacial score (nSPS) is 47.6. The topological polar surface area (TPSA) is 52.0 Å². The van der Waals surface area contributed by atoms with Crippen LogP contribution in [0.25, 0.3) is 0 Å². The van der Waals surface area contributed by atoms with E-state index in [1.165, 1.54) is 0 Å². The fourth-order valence-corrected chi connectivity index (χ4v) is 1.06. The van der Waals surface area contributed by atoms with E-state index in [4.69, 9.17) is 11.5 Å². The Morgan fingerprint density at radius 3 is 2.00 bits per heavy atom. The molecule has 1 aliphatic carbocycles. The van der Waals surface area contributed by atoms with Gasteiger partial charge < -0.3 is 11.5 Å². The first-order chi connectivity index (χ1) is 3.70. The van der Waals surface area contributed by atoms with Crippen LogP contribution in [-0.4, -0.2) is 18.3 Å². The van der Waals surface area contributed by atoms with Gasteiger partial charge in [0.25, 0.3) is 0 Å². The Labute approximate surface area is 48.0 Å². The van der Waals surface area contributed by atoms with Crippen molar-refractivity contribution in [1.29, 1.82) is 0 Å². The molecule has 0 radical (unpaired) electrons. The molecule has 0 amide bonds. The third-order valence-electron chi connectivity index (χ3n) is 1.57. The van der Waals surface area contributed by atoms with Crippen molar-refractivity contribution in [2.24, 2.45) is 11.5 Å². The number of hydrogen-bond acceptors (Lipinski definition) is 2. The summed E-state index contributed by atoms with van der Waals surface area (Å²) in [6.45, 7) is 0. The highest BCUT2D eigenvalue weighted by atomic mass is 19.1. The van der Waals surface area contributed by atoms with Crippen molar-refractivity contribution >= 4 is 0 Å². The second-order valence-electron chi connectivity index (χ2n) is 2.41. The van der Waals surface area contributed by atoms with Crippen molar-refractivity contribution in [3.05, 3.63) is 0 Å². The summed E-state index contributed by atoms with van der Waals surface area (Å²) >= 11 is 0. The quantitative estimate of drug-likeness (QED) is 0.461. The first-order valence-electron chi connectivity index (χ1n) is 2.85. The van der Waals surface area contributed by atoms with Crippen molar-refractivity contribution in [3.63, 3.8) is 0 Å². The summed E-state index contributed by atoms with van der Waals surface area (Å²) in [4.78, 5) is 0. The minimum Gasteiger partial charge on any atom is -0.328 e. The fraction of sp³-hybridized carbons (Fsp3) is 1.00. The third kappa shape index (κ3) is 0.980. The van der Waals surface area contributed by atoms with Gasteiger partial charge in [-0.2, -0.15) is 0 Å². The molecule has 1 rings (SSSR count). The van der Waals surface area contributed by atoms with Gasteiger partial charge in [-0.1, -0.05) is 0 Å². The van der Waals surface area contributed by atoms with E-state index < -0.39 is 6.17 Å². The summed E-state index contributed by atoms with van der Waals surface area (Å²) in [5.74, 6) is 0. The first kappa shape index (κ1) is 5.98. The van der Waals surface area contributed by atoms with E-state index in [1.807, 2.05) is 0 Å². The van der Waals surface area contributed by atoms with E-state index >= 15 is 0 Å². The highest BCUT2D eigenvalue weighted by Gasteiger charge is 2.28. The summed E-state index contributed by atoms with van der Waals surface area (Å²) < 4.78 is 12.4. The maximum Gasteiger partial charge on any atom is 0.117 e. The van der Waals surface area contributed by atoms with E-state index in [2.05, 4.69) is 0 Å². The lowest BCUT2D eigenvalue weighted by molar-refractivity contribution is 0.311. The van der Waals surface area contributed by atoms with Crippen molar-refractivity contribution in [2.45, 2.75) is 31.1 Å². The van der Waals surface area contributed by atoms with E-state index in [0.29, 0.717) is 12.8 Å². The molecule has 8 heavy (non-hydrogen) atoms. The van der Waals surface area contributed by atoms with Crippen LogP contribution in [0.4, 0.5) is 4.39 Å². The van der Waals surface area contributed by atoms with Gasteiger partial charge in [-0.05, 0) is 12.8 Å². The summed E-state index contributed by atoms with van der Waals surface area (Å²) in [5, 5.41) is 0. The molecule has 0 saturated heterocycles. The molecule has 0 heterocycles. The molecule has 0 aromatic carbocycles. The van der Waals surface area contributed by atoms with Gasteiger partial charge in [-0.3, -0.25) is 0 Å². The number of alkyl halides is 1. The second-order valence-corrected chi connectivity index (χ2v) is 2.41. The average Bonchev–Trinajstić information content (AvgIpc) is 1.85. The maximum absolute atomic E-state index is 12.4. The van der Waals surface area contributed by atoms with Crippen molar-refractivity contribution in [2.75, 3.05) is 0 Å². The van der Waals surface area contributed by atoms with Crippen LogP contribution in [0, 0.1) is 0 Å². The van der Waals surface area contributed by atoms with Crippen molar-refractivity contribution < 1.29 is 4.39 Å². The molecule has 48 valence electrons. The summed E-state index contributed by atoms with van der Waals surface area (Å²) in [6, 6.07) is -0.301. The molecule has 0 aromatic rings. The molecule has 1 fully saturated rings. The van der Waals surface area contributed by atoms with Gasteiger partial charge in [0.2, 0.25) is 0 Å². The van der Waals surface area contributed by atoms with Crippen LogP contribution in [-0.2, 0) is 0 Å².